The van der Waals surface area contributed by atoms with Crippen molar-refractivity contribution in [1.29, 1.82) is 10.7 Å². The first kappa shape index (κ1) is 15.5. The van der Waals surface area contributed by atoms with Crippen LogP contribution in [-0.4, -0.2) is 5.71 Å². The molecule has 0 aliphatic heterocycles. The van der Waals surface area contributed by atoms with Gasteiger partial charge < -0.3 is 5.41 Å². The molecule has 1 aliphatic rings. The van der Waals surface area contributed by atoms with Crippen LogP contribution in [-0.2, 0) is 11.8 Å². The predicted octanol–water partition coefficient (Wildman–Crippen LogP) is 4.90. The topological polar surface area (TPSA) is 47.6 Å². The molecule has 1 fully saturated rings. The van der Waals surface area contributed by atoms with Crippen LogP contribution < -0.4 is 0 Å². The van der Waals surface area contributed by atoms with Crippen LogP contribution in [0.15, 0.2) is 60.7 Å². The molecular formula is C21H22N2. The number of rotatable bonds is 4. The first-order chi connectivity index (χ1) is 11.3. The van der Waals surface area contributed by atoms with Gasteiger partial charge in [-0.3, -0.25) is 0 Å². The Balaban J connectivity index is 1.94. The number of aryl methyl sites for hydroxylation is 1. The monoisotopic (exact) mass is 302 g/mol. The molecule has 3 rings (SSSR count). The van der Waals surface area contributed by atoms with Gasteiger partial charge in [0, 0.05) is 11.1 Å². The fourth-order valence-electron chi connectivity index (χ4n) is 3.81. The summed E-state index contributed by atoms with van der Waals surface area (Å²) in [6, 6.07) is 23.2. The van der Waals surface area contributed by atoms with Crippen LogP contribution in [0.4, 0.5) is 0 Å². The maximum Gasteiger partial charge on any atom is 0.0847 e. The zero-order chi connectivity index (χ0) is 16.1. The highest BCUT2D eigenvalue weighted by Crippen LogP contribution is 2.42. The maximum absolute atomic E-state index is 9.43. The zero-order valence-electron chi connectivity index (χ0n) is 13.3. The van der Waals surface area contributed by atoms with E-state index in [0.29, 0.717) is 5.71 Å². The fourth-order valence-corrected chi connectivity index (χ4v) is 3.81. The Kier molecular flexibility index (Phi) is 4.57. The Morgan fingerprint density at radius 2 is 1.70 bits per heavy atom. The van der Waals surface area contributed by atoms with Crippen LogP contribution in [0.3, 0.4) is 0 Å². The van der Waals surface area contributed by atoms with Crippen LogP contribution in [0.2, 0.25) is 0 Å². The summed E-state index contributed by atoms with van der Waals surface area (Å²) in [5.74, 6) is -0.236. The van der Waals surface area contributed by atoms with E-state index < -0.39 is 0 Å². The predicted molar refractivity (Wildman–Crippen MR) is 93.6 cm³/mol. The number of nitriles is 1. The molecule has 2 aromatic carbocycles. The molecule has 1 saturated carbocycles. The lowest BCUT2D eigenvalue weighted by Gasteiger charge is -2.40. The lowest BCUT2D eigenvalue weighted by Crippen LogP contribution is -2.43. The lowest BCUT2D eigenvalue weighted by atomic mass is 9.62. The van der Waals surface area contributed by atoms with Crippen LogP contribution >= 0.6 is 0 Å². The van der Waals surface area contributed by atoms with Crippen LogP contribution in [0.1, 0.15) is 36.8 Å². The molecule has 2 atom stereocenters. The van der Waals surface area contributed by atoms with E-state index >= 15 is 0 Å². The van der Waals surface area contributed by atoms with Crippen molar-refractivity contribution < 1.29 is 0 Å². The summed E-state index contributed by atoms with van der Waals surface area (Å²) in [6.45, 7) is 0. The summed E-state index contributed by atoms with van der Waals surface area (Å²) in [5, 5.41) is 18.2. The normalized spacial score (nSPS) is 24.1. The van der Waals surface area contributed by atoms with E-state index in [1.165, 1.54) is 11.1 Å². The molecular weight excluding hydrogens is 280 g/mol. The van der Waals surface area contributed by atoms with Gasteiger partial charge in [0.2, 0.25) is 0 Å². The van der Waals surface area contributed by atoms with Crippen molar-refractivity contribution in [2.75, 3.05) is 0 Å². The molecule has 0 bridgehead atoms. The molecule has 0 amide bonds. The van der Waals surface area contributed by atoms with Gasteiger partial charge in [0.1, 0.15) is 0 Å². The number of benzene rings is 2. The molecule has 2 aromatic rings. The van der Waals surface area contributed by atoms with E-state index in [-0.39, 0.29) is 11.3 Å². The summed E-state index contributed by atoms with van der Waals surface area (Å²) in [4.78, 5) is 0. The summed E-state index contributed by atoms with van der Waals surface area (Å²) < 4.78 is 0. The number of hydrogen-bond acceptors (Lipinski definition) is 2. The highest BCUT2D eigenvalue weighted by atomic mass is 14.6. The Morgan fingerprint density at radius 1 is 1.04 bits per heavy atom. The molecule has 0 spiro atoms. The van der Waals surface area contributed by atoms with Gasteiger partial charge in [0.05, 0.1) is 12.0 Å². The van der Waals surface area contributed by atoms with Crippen molar-refractivity contribution in [3.63, 3.8) is 0 Å². The second kappa shape index (κ2) is 6.79. The summed E-state index contributed by atoms with van der Waals surface area (Å²) in [7, 11) is 0. The second-order valence-corrected chi connectivity index (χ2v) is 6.42. The van der Waals surface area contributed by atoms with Crippen molar-refractivity contribution in [3.05, 3.63) is 71.8 Å². The van der Waals surface area contributed by atoms with Gasteiger partial charge in [-0.1, -0.05) is 67.1 Å². The number of nitrogens with zero attached hydrogens (tertiary/aromatic N) is 1. The minimum absolute atomic E-state index is 0.236. The quantitative estimate of drug-likeness (QED) is 0.857. The van der Waals surface area contributed by atoms with Gasteiger partial charge in [0.25, 0.3) is 0 Å². The van der Waals surface area contributed by atoms with Crippen molar-refractivity contribution in [3.8, 4) is 6.07 Å². The second-order valence-electron chi connectivity index (χ2n) is 6.42. The van der Waals surface area contributed by atoms with E-state index in [2.05, 4.69) is 42.5 Å². The third-order valence-electron chi connectivity index (χ3n) is 5.13. The van der Waals surface area contributed by atoms with E-state index in [0.717, 1.165) is 32.1 Å². The Bertz CT molecular complexity index is 700. The van der Waals surface area contributed by atoms with Crippen molar-refractivity contribution in [2.24, 2.45) is 5.92 Å². The molecule has 1 aliphatic carbocycles. The molecule has 2 nitrogen and oxygen atoms in total. The molecule has 0 aromatic heterocycles. The van der Waals surface area contributed by atoms with E-state index in [1.54, 1.807) is 0 Å². The van der Waals surface area contributed by atoms with Gasteiger partial charge in [-0.2, -0.15) is 5.26 Å². The number of hydrogen-bond donors (Lipinski definition) is 1. The van der Waals surface area contributed by atoms with Crippen molar-refractivity contribution in [2.45, 2.75) is 37.5 Å². The van der Waals surface area contributed by atoms with Crippen LogP contribution in [0.5, 0.6) is 0 Å². The summed E-state index contributed by atoms with van der Waals surface area (Å²) >= 11 is 0. The average Bonchev–Trinajstić information content (AvgIpc) is 2.63. The van der Waals surface area contributed by atoms with Crippen LogP contribution in [0, 0.1) is 22.7 Å². The molecule has 0 saturated heterocycles. The SMILES string of the molecule is N#CC1CCCC(CCc2ccccc2)(c2ccccc2)C1=N. The van der Waals surface area contributed by atoms with E-state index in [9.17, 15) is 5.26 Å². The Hall–Kier alpha value is -2.40. The average molecular weight is 302 g/mol. The fraction of sp³-hybridized carbons (Fsp3) is 0.333. The van der Waals surface area contributed by atoms with Gasteiger partial charge in [-0.05, 0) is 36.8 Å². The van der Waals surface area contributed by atoms with Gasteiger partial charge in [-0.25, -0.2) is 0 Å². The smallest absolute Gasteiger partial charge is 0.0847 e. The van der Waals surface area contributed by atoms with Gasteiger partial charge >= 0.3 is 0 Å². The summed E-state index contributed by atoms with van der Waals surface area (Å²) in [5.41, 5.74) is 2.83. The largest absolute Gasteiger partial charge is 0.307 e. The molecule has 2 heteroatoms. The maximum atomic E-state index is 9.43. The molecule has 116 valence electrons. The van der Waals surface area contributed by atoms with Gasteiger partial charge in [0.15, 0.2) is 0 Å². The van der Waals surface area contributed by atoms with E-state index in [1.807, 2.05) is 24.3 Å². The minimum Gasteiger partial charge on any atom is -0.307 e. The molecule has 0 heterocycles. The highest BCUT2D eigenvalue weighted by molar-refractivity contribution is 5.96. The summed E-state index contributed by atoms with van der Waals surface area (Å²) in [6.07, 6.45) is 4.66. The van der Waals surface area contributed by atoms with E-state index in [4.69, 9.17) is 5.41 Å². The first-order valence-corrected chi connectivity index (χ1v) is 8.34. The van der Waals surface area contributed by atoms with Gasteiger partial charge in [-0.15, -0.1) is 0 Å². The van der Waals surface area contributed by atoms with Crippen molar-refractivity contribution >= 4 is 5.71 Å². The third-order valence-corrected chi connectivity index (χ3v) is 5.13. The highest BCUT2D eigenvalue weighted by Gasteiger charge is 2.42. The number of nitrogens with one attached hydrogen (secondary N) is 1. The third kappa shape index (κ3) is 3.05. The lowest BCUT2D eigenvalue weighted by molar-refractivity contribution is 0.401. The first-order valence-electron chi connectivity index (χ1n) is 8.34. The zero-order valence-corrected chi connectivity index (χ0v) is 13.3. The standard InChI is InChI=1S/C21H22N2/c22-16-18-10-7-14-21(20(18)23,19-11-5-2-6-12-19)15-13-17-8-3-1-4-9-17/h1-6,8-9,11-12,18,23H,7,10,13-15H2. The Labute approximate surface area is 138 Å². The van der Waals surface area contributed by atoms with Crippen LogP contribution in [0.25, 0.3) is 0 Å². The minimum atomic E-state index is -0.282. The molecule has 0 radical (unpaired) electrons. The molecule has 2 unspecified atom stereocenters. The van der Waals surface area contributed by atoms with Crippen molar-refractivity contribution in [1.82, 2.24) is 0 Å². The molecule has 23 heavy (non-hydrogen) atoms. The molecule has 1 N–H and O–H groups in total. The Morgan fingerprint density at radius 3 is 2.35 bits per heavy atom.